The van der Waals surface area contributed by atoms with Crippen LogP contribution in [0.4, 0.5) is 0 Å². The van der Waals surface area contributed by atoms with Gasteiger partial charge in [-0.2, -0.15) is 0 Å². The minimum Gasteiger partial charge on any atom is -0.457 e. The molecular weight excluding hydrogens is 1210 g/mol. The molecule has 6 aliphatic rings. The van der Waals surface area contributed by atoms with Crippen LogP contribution in [0.2, 0.25) is 0 Å². The van der Waals surface area contributed by atoms with E-state index in [-0.39, 0.29) is 68.5 Å². The lowest BCUT2D eigenvalue weighted by molar-refractivity contribution is -0.388. The maximum absolute atomic E-state index is 15.5. The van der Waals surface area contributed by atoms with Gasteiger partial charge in [-0.1, -0.05) is 181 Å². The van der Waals surface area contributed by atoms with E-state index in [2.05, 4.69) is 10.0 Å². The molecule has 6 aliphatic heterocycles. The number of nitrogens with zero attached hydrogens (tertiary/aromatic N) is 5. The van der Waals surface area contributed by atoms with Gasteiger partial charge in [0.05, 0.1) is 68.5 Å². The third-order valence-electron chi connectivity index (χ3n) is 17.3. The van der Waals surface area contributed by atoms with E-state index < -0.39 is 128 Å². The summed E-state index contributed by atoms with van der Waals surface area (Å²) in [6.45, 7) is 0.161. The van der Waals surface area contributed by atoms with E-state index in [0.717, 1.165) is 20.9 Å². The molecule has 16 atom stereocenters. The first-order chi connectivity index (χ1) is 46.0. The van der Waals surface area contributed by atoms with Crippen molar-refractivity contribution in [3.05, 3.63) is 261 Å². The van der Waals surface area contributed by atoms with Crippen LogP contribution in [0.3, 0.4) is 0 Å². The third-order valence-corrected chi connectivity index (χ3v) is 17.3. The number of amides is 4. The molecule has 0 aromatic heterocycles. The Balaban J connectivity index is 0.950. The number of carbonyl (C=O) groups is 5. The van der Waals surface area contributed by atoms with Crippen molar-refractivity contribution in [2.24, 2.45) is 5.11 Å². The molecule has 484 valence electrons. The number of hydrogen-bond acceptors (Lipinski definition) is 19. The summed E-state index contributed by atoms with van der Waals surface area (Å²) in [5, 5.41) is 16.7. The van der Waals surface area contributed by atoms with E-state index in [1.54, 1.807) is 24.3 Å². The number of imide groups is 2. The number of ether oxygens (including phenoxy) is 12. The van der Waals surface area contributed by atoms with Crippen LogP contribution in [0.25, 0.3) is 10.4 Å². The zero-order chi connectivity index (χ0) is 64.7. The highest BCUT2D eigenvalue weighted by Crippen LogP contribution is 2.43. The third kappa shape index (κ3) is 13.6. The number of aliphatic hydroxyl groups excluding tert-OH is 1. The molecule has 0 spiro atoms. The van der Waals surface area contributed by atoms with Crippen LogP contribution in [-0.2, 0) is 88.1 Å². The van der Waals surface area contributed by atoms with E-state index in [1.807, 2.05) is 152 Å². The topological polar surface area (TPSA) is 272 Å². The highest BCUT2D eigenvalue weighted by Gasteiger charge is 2.62. The van der Waals surface area contributed by atoms with Gasteiger partial charge in [0.15, 0.2) is 31.2 Å². The average molecular weight is 1280 g/mol. The second-order valence-electron chi connectivity index (χ2n) is 23.4. The first-order valence-electron chi connectivity index (χ1n) is 31.0. The number of rotatable bonds is 23. The first-order valence-corrected chi connectivity index (χ1v) is 31.0. The van der Waals surface area contributed by atoms with Gasteiger partial charge in [-0.15, -0.1) is 0 Å². The van der Waals surface area contributed by atoms with Crippen LogP contribution in [0.5, 0.6) is 0 Å². The van der Waals surface area contributed by atoms with Crippen LogP contribution in [0, 0.1) is 0 Å². The summed E-state index contributed by atoms with van der Waals surface area (Å²) < 4.78 is 81.1. The number of esters is 1. The second-order valence-corrected chi connectivity index (χ2v) is 23.4. The molecule has 23 heteroatoms. The van der Waals surface area contributed by atoms with Gasteiger partial charge in [0.2, 0.25) is 0 Å². The molecule has 0 unspecified atom stereocenters. The van der Waals surface area contributed by atoms with Gasteiger partial charge in [-0.05, 0) is 52.1 Å². The molecule has 4 amide bonds. The van der Waals surface area contributed by atoms with Crippen LogP contribution in [0.1, 0.15) is 82.5 Å². The van der Waals surface area contributed by atoms with Gasteiger partial charge in [-0.3, -0.25) is 33.8 Å². The second kappa shape index (κ2) is 29.2. The summed E-state index contributed by atoms with van der Waals surface area (Å²) in [5.74, 6) is -3.75. The molecule has 94 heavy (non-hydrogen) atoms. The van der Waals surface area contributed by atoms with E-state index in [4.69, 9.17) is 56.8 Å². The summed E-state index contributed by atoms with van der Waals surface area (Å²) in [4.78, 5) is 78.9. The smallest absolute Gasteiger partial charge is 0.303 e. The minimum absolute atomic E-state index is 0.0316. The lowest BCUT2D eigenvalue weighted by Crippen LogP contribution is -2.71. The number of benzene rings is 7. The van der Waals surface area contributed by atoms with E-state index in [1.165, 1.54) is 31.2 Å². The maximum Gasteiger partial charge on any atom is 0.303 e. The zero-order valence-electron chi connectivity index (χ0n) is 50.9. The lowest BCUT2D eigenvalue weighted by atomic mass is 9.92. The Morgan fingerprint density at radius 3 is 1.39 bits per heavy atom. The Hall–Kier alpha value is -8.88. The van der Waals surface area contributed by atoms with Gasteiger partial charge < -0.3 is 61.9 Å². The van der Waals surface area contributed by atoms with Gasteiger partial charge in [0.25, 0.3) is 23.6 Å². The summed E-state index contributed by atoms with van der Waals surface area (Å²) in [6.07, 6.45) is -20.2. The largest absolute Gasteiger partial charge is 0.457 e. The SMILES string of the molecule is CC(=O)O[C@@H]1[C@@H](O)[C@H](O[C@H]2[C@H](OCc3ccccc3)[C@@H](N3C(=O)c4ccccc4C3=O)[C@H](O[C@H]3[C@H](OCc4ccccc4)[C@@H](N4C(=O)c5ccccc5C4=O)[C@H](N=[N+]=[N-])O[C@@H]3COCc3ccccc3)O[C@@H]2COCc2ccccc2)O[C@@H]2CO[C@@H](c3ccccc3)O[C@@H]12. The lowest BCUT2D eigenvalue weighted by Gasteiger charge is -2.53. The fraction of sp³-hybridized carbons (Fsp3) is 0.338. The summed E-state index contributed by atoms with van der Waals surface area (Å²) in [6, 6.07) is 55.1. The predicted molar refractivity (Wildman–Crippen MR) is 330 cm³/mol. The van der Waals surface area contributed by atoms with Crippen LogP contribution >= 0.6 is 0 Å². The van der Waals surface area contributed by atoms with Crippen molar-refractivity contribution < 1.29 is 85.9 Å². The van der Waals surface area contributed by atoms with Crippen LogP contribution in [0.15, 0.2) is 205 Å². The summed E-state index contributed by atoms with van der Waals surface area (Å²) >= 11 is 0. The molecule has 0 saturated carbocycles. The summed E-state index contributed by atoms with van der Waals surface area (Å²) in [7, 11) is 0. The average Bonchev–Trinajstić information content (AvgIpc) is 1.45. The Kier molecular flexibility index (Phi) is 19.8. The van der Waals surface area contributed by atoms with Crippen LogP contribution < -0.4 is 0 Å². The molecule has 7 aromatic rings. The van der Waals surface area contributed by atoms with Crippen molar-refractivity contribution >= 4 is 29.6 Å². The fourth-order valence-corrected chi connectivity index (χ4v) is 12.9. The Labute approximate surface area is 540 Å². The maximum atomic E-state index is 15.5. The molecule has 0 aliphatic carbocycles. The first kappa shape index (κ1) is 63.9. The Morgan fingerprint density at radius 1 is 0.511 bits per heavy atom. The molecule has 23 nitrogen and oxygen atoms in total. The van der Waals surface area contributed by atoms with Crippen molar-refractivity contribution in [1.82, 2.24) is 9.80 Å². The highest BCUT2D eigenvalue weighted by molar-refractivity contribution is 6.22. The molecular formula is C71H67N5O18. The zero-order valence-corrected chi connectivity index (χ0v) is 50.9. The fourth-order valence-electron chi connectivity index (χ4n) is 12.9. The molecule has 7 aromatic carbocycles. The van der Waals surface area contributed by atoms with Crippen molar-refractivity contribution in [2.75, 3.05) is 19.8 Å². The Morgan fingerprint density at radius 2 is 0.926 bits per heavy atom. The highest BCUT2D eigenvalue weighted by atomic mass is 16.8. The molecule has 4 saturated heterocycles. The van der Waals surface area contributed by atoms with Crippen molar-refractivity contribution in [3.63, 3.8) is 0 Å². The van der Waals surface area contributed by atoms with E-state index in [9.17, 15) is 25.0 Å². The molecule has 4 fully saturated rings. The molecule has 0 radical (unpaired) electrons. The van der Waals surface area contributed by atoms with Gasteiger partial charge in [0.1, 0.15) is 67.0 Å². The standard InChI is InChI=1S/C71H67N5O18/c1-42(77)88-63-57(78)71(91-54-41-87-69(92-60(54)63)47-29-15-6-16-30-47)94-59-53(40-84-36-44-23-9-3-10-24-44)90-70(56(62(59)86-38-46-27-13-5-14-28-46)76-67(81)50-33-19-20-34-51(50)68(76)82)93-58-52(39-83-35-43-21-7-2-8-22-43)89-64(73-74-72)55(61(58)85-37-45-25-11-4-12-26-45)75-65(79)48-31-17-18-32-49(48)66(75)80/h2-34,52-64,69-71,78H,35-41H2,1H3/t52-,53-,54-,55-,56-,57-,58-,59-,60-,61-,62-,63-,64-,69-,70+,71+/m1/s1. The normalized spacial score (nSPS) is 28.9. The molecule has 0 bridgehead atoms. The van der Waals surface area contributed by atoms with E-state index >= 15 is 9.59 Å². The number of carbonyl (C=O) groups excluding carboxylic acids is 5. The van der Waals surface area contributed by atoms with Crippen molar-refractivity contribution in [3.8, 4) is 0 Å². The number of aliphatic hydroxyl groups is 1. The van der Waals surface area contributed by atoms with Gasteiger partial charge in [0, 0.05) is 17.4 Å². The predicted octanol–water partition coefficient (Wildman–Crippen LogP) is 8.58. The molecule has 13 rings (SSSR count). The van der Waals surface area contributed by atoms with Crippen LogP contribution in [-0.4, -0.2) is 156 Å². The van der Waals surface area contributed by atoms with Gasteiger partial charge in [-0.25, -0.2) is 0 Å². The van der Waals surface area contributed by atoms with Crippen molar-refractivity contribution in [1.29, 1.82) is 0 Å². The Bertz CT molecular complexity index is 3770. The molecule has 6 heterocycles. The quantitative estimate of drug-likeness (QED) is 0.0206. The van der Waals surface area contributed by atoms with Gasteiger partial charge >= 0.3 is 5.97 Å². The number of azide groups is 1. The minimum atomic E-state index is -1.83. The number of fused-ring (bicyclic) bond motifs is 3. The summed E-state index contributed by atoms with van der Waals surface area (Å²) in [5.41, 5.74) is 14.1. The number of hydrogen-bond donors (Lipinski definition) is 1. The monoisotopic (exact) mass is 1280 g/mol. The molecule has 1 N–H and O–H groups in total. The van der Waals surface area contributed by atoms with E-state index in [0.29, 0.717) is 16.7 Å². The van der Waals surface area contributed by atoms with Crippen molar-refractivity contribution in [2.45, 2.75) is 132 Å².